The largest absolute Gasteiger partial charge is 0.300 e. The maximum atomic E-state index is 12.8. The van der Waals surface area contributed by atoms with Crippen LogP contribution in [0.15, 0.2) is 16.9 Å². The van der Waals surface area contributed by atoms with Crippen LogP contribution in [0.5, 0.6) is 0 Å². The summed E-state index contributed by atoms with van der Waals surface area (Å²) in [6.07, 6.45) is 0.736. The van der Waals surface area contributed by atoms with Crippen molar-refractivity contribution in [3.63, 3.8) is 0 Å². The molecule has 2 aliphatic heterocycles. The molecule has 2 aliphatic rings. The Bertz CT molecular complexity index is 949. The van der Waals surface area contributed by atoms with Gasteiger partial charge < -0.3 is 0 Å². The molecule has 2 heterocycles. The molecule has 25 heavy (non-hydrogen) atoms. The summed E-state index contributed by atoms with van der Waals surface area (Å²) in [5.41, 5.74) is 5.39. The van der Waals surface area contributed by atoms with E-state index in [-0.39, 0.29) is 11.1 Å². The highest BCUT2D eigenvalue weighted by atomic mass is 16.1. The molecule has 0 saturated carbocycles. The summed E-state index contributed by atoms with van der Waals surface area (Å²) < 4.78 is 1.98. The quantitative estimate of drug-likeness (QED) is 0.768. The number of nitrogens with one attached hydrogen (secondary N) is 1. The van der Waals surface area contributed by atoms with Crippen molar-refractivity contribution in [1.29, 1.82) is 0 Å². The maximum absolute atomic E-state index is 12.8. The van der Waals surface area contributed by atoms with Gasteiger partial charge in [0, 0.05) is 11.3 Å². The highest BCUT2D eigenvalue weighted by Crippen LogP contribution is 2.30. The highest BCUT2D eigenvalue weighted by molar-refractivity contribution is 5.69. The second-order valence-corrected chi connectivity index (χ2v) is 7.77. The molecular weight excluding hydrogens is 312 g/mol. The van der Waals surface area contributed by atoms with Crippen molar-refractivity contribution in [3.05, 3.63) is 44.9 Å². The van der Waals surface area contributed by atoms with Crippen molar-refractivity contribution in [1.82, 2.24) is 19.7 Å². The first kappa shape index (κ1) is 17.4. The molecule has 0 atom stereocenters. The van der Waals surface area contributed by atoms with E-state index in [1.807, 2.05) is 25.5 Å². The molecule has 1 N–H and O–H groups in total. The van der Waals surface area contributed by atoms with Gasteiger partial charge in [0.05, 0.1) is 5.54 Å². The fraction of sp³-hybridized carbons (Fsp3) is 0.450. The Kier molecular flexibility index (Phi) is 4.06. The van der Waals surface area contributed by atoms with E-state index in [0.29, 0.717) is 17.2 Å². The first-order valence-corrected chi connectivity index (χ1v) is 8.73. The first-order chi connectivity index (χ1) is 11.6. The summed E-state index contributed by atoms with van der Waals surface area (Å²) in [7, 11) is 0. The van der Waals surface area contributed by atoms with E-state index >= 15 is 0 Å². The second-order valence-electron chi connectivity index (χ2n) is 7.77. The van der Waals surface area contributed by atoms with Crippen LogP contribution in [0, 0.1) is 20.8 Å². The number of hydrogen-bond donors (Lipinski definition) is 1. The number of hydrogen-bond acceptors (Lipinski definition) is 3. The predicted molar refractivity (Wildman–Crippen MR) is 101 cm³/mol. The van der Waals surface area contributed by atoms with E-state index in [9.17, 15) is 4.79 Å². The third-order valence-corrected chi connectivity index (χ3v) is 4.54. The number of fused-ring (bicyclic) bond motifs is 1. The molecule has 1 aromatic rings. The van der Waals surface area contributed by atoms with Gasteiger partial charge in [-0.25, -0.2) is 4.98 Å². The van der Waals surface area contributed by atoms with Gasteiger partial charge in [0.25, 0.3) is 5.56 Å². The Morgan fingerprint density at radius 1 is 1.04 bits per heavy atom. The fourth-order valence-electron chi connectivity index (χ4n) is 3.48. The smallest absolute Gasteiger partial charge is 0.284 e. The lowest BCUT2D eigenvalue weighted by Gasteiger charge is -2.22. The molecular formula is C20H26N4O. The number of aromatic nitrogens is 4. The SMILES string of the molecule is CCc1[nH]n(C(C)(C)C)c2nc(-c3c(C)cc(C)cc3C)nc(=O)c1-2. The van der Waals surface area contributed by atoms with Gasteiger partial charge in [-0.05, 0) is 59.1 Å². The van der Waals surface area contributed by atoms with Gasteiger partial charge in [0.2, 0.25) is 0 Å². The molecule has 0 saturated heterocycles. The van der Waals surface area contributed by atoms with Crippen molar-refractivity contribution in [2.45, 2.75) is 60.4 Å². The topological polar surface area (TPSA) is 63.6 Å². The maximum Gasteiger partial charge on any atom is 0.284 e. The normalized spacial score (nSPS) is 12.1. The van der Waals surface area contributed by atoms with E-state index in [4.69, 9.17) is 4.98 Å². The summed E-state index contributed by atoms with van der Waals surface area (Å²) in [4.78, 5) is 21.9. The molecule has 0 radical (unpaired) electrons. The standard InChI is InChI=1S/C20H26N4O/c1-8-14-16-18(24(23-14)20(5,6)7)21-17(22-19(16)25)15-12(3)9-11(2)10-13(15)4/h9-10,23H,8H2,1-7H3. The van der Waals surface area contributed by atoms with Gasteiger partial charge in [-0.3, -0.25) is 14.6 Å². The minimum atomic E-state index is -0.213. The van der Waals surface area contributed by atoms with Crippen LogP contribution >= 0.6 is 0 Å². The zero-order chi connectivity index (χ0) is 18.5. The molecule has 1 aromatic carbocycles. The highest BCUT2D eigenvalue weighted by Gasteiger charge is 2.28. The van der Waals surface area contributed by atoms with Crippen molar-refractivity contribution < 1.29 is 0 Å². The minimum Gasteiger partial charge on any atom is -0.300 e. The molecule has 0 aromatic heterocycles. The molecule has 3 rings (SSSR count). The predicted octanol–water partition coefficient (Wildman–Crippen LogP) is 3.98. The molecule has 5 heteroatoms. The lowest BCUT2D eigenvalue weighted by Crippen LogP contribution is -2.26. The Balaban J connectivity index is 2.37. The number of nitrogens with zero attached hydrogens (tertiary/aromatic N) is 3. The van der Waals surface area contributed by atoms with Crippen LogP contribution in [0.25, 0.3) is 22.8 Å². The van der Waals surface area contributed by atoms with Crippen LogP contribution in [0.1, 0.15) is 50.1 Å². The van der Waals surface area contributed by atoms with E-state index in [2.05, 4.69) is 49.9 Å². The zero-order valence-electron chi connectivity index (χ0n) is 16.1. The van der Waals surface area contributed by atoms with E-state index in [1.54, 1.807) is 0 Å². The second kappa shape index (κ2) is 5.83. The number of aryl methyl sites for hydroxylation is 4. The first-order valence-electron chi connectivity index (χ1n) is 8.73. The van der Waals surface area contributed by atoms with Crippen LogP contribution < -0.4 is 5.56 Å². The van der Waals surface area contributed by atoms with E-state index in [0.717, 1.165) is 28.8 Å². The third-order valence-electron chi connectivity index (χ3n) is 4.54. The molecule has 0 unspecified atom stereocenters. The Hall–Kier alpha value is -2.43. The monoisotopic (exact) mass is 338 g/mol. The van der Waals surface area contributed by atoms with Crippen LogP contribution in [0.3, 0.4) is 0 Å². The van der Waals surface area contributed by atoms with Crippen molar-refractivity contribution in [2.75, 3.05) is 0 Å². The molecule has 5 nitrogen and oxygen atoms in total. The molecule has 0 fully saturated rings. The van der Waals surface area contributed by atoms with Crippen molar-refractivity contribution in [2.24, 2.45) is 0 Å². The van der Waals surface area contributed by atoms with Gasteiger partial charge in [-0.2, -0.15) is 4.98 Å². The van der Waals surface area contributed by atoms with Gasteiger partial charge in [-0.1, -0.05) is 24.6 Å². The number of rotatable bonds is 2. The number of H-pyrrole nitrogens is 1. The van der Waals surface area contributed by atoms with Gasteiger partial charge >= 0.3 is 0 Å². The average Bonchev–Trinajstić information content (AvgIpc) is 2.85. The van der Waals surface area contributed by atoms with Gasteiger partial charge in [-0.15, -0.1) is 0 Å². The van der Waals surface area contributed by atoms with Crippen molar-refractivity contribution >= 4 is 0 Å². The van der Waals surface area contributed by atoms with Gasteiger partial charge in [0.1, 0.15) is 5.56 Å². The third kappa shape index (κ3) is 2.88. The zero-order valence-corrected chi connectivity index (χ0v) is 16.1. The number of benzene rings is 1. The fourth-order valence-corrected chi connectivity index (χ4v) is 3.48. The lowest BCUT2D eigenvalue weighted by atomic mass is 9.99. The summed E-state index contributed by atoms with van der Waals surface area (Å²) in [5.74, 6) is 1.19. The molecule has 0 aliphatic carbocycles. The minimum absolute atomic E-state index is 0.207. The molecule has 0 amide bonds. The van der Waals surface area contributed by atoms with E-state index < -0.39 is 0 Å². The van der Waals surface area contributed by atoms with Crippen LogP contribution in [-0.4, -0.2) is 19.7 Å². The van der Waals surface area contributed by atoms with E-state index in [1.165, 1.54) is 5.56 Å². The number of aromatic amines is 1. The average molecular weight is 338 g/mol. The van der Waals surface area contributed by atoms with Crippen LogP contribution in [0.2, 0.25) is 0 Å². The molecule has 132 valence electrons. The Morgan fingerprint density at radius 2 is 1.64 bits per heavy atom. The summed E-state index contributed by atoms with van der Waals surface area (Å²) >= 11 is 0. The lowest BCUT2D eigenvalue weighted by molar-refractivity contribution is 0.355. The van der Waals surface area contributed by atoms with Crippen LogP contribution in [-0.2, 0) is 12.0 Å². The molecule has 0 bridgehead atoms. The summed E-state index contributed by atoms with van der Waals surface area (Å²) in [6.45, 7) is 14.5. The Morgan fingerprint density at radius 3 is 2.16 bits per heavy atom. The molecule has 0 spiro atoms. The summed E-state index contributed by atoms with van der Waals surface area (Å²) in [6, 6.07) is 4.21. The van der Waals surface area contributed by atoms with Gasteiger partial charge in [0.15, 0.2) is 11.6 Å². The van der Waals surface area contributed by atoms with Crippen LogP contribution in [0.4, 0.5) is 0 Å². The van der Waals surface area contributed by atoms with Crippen molar-refractivity contribution in [3.8, 4) is 22.8 Å². The Labute approximate surface area is 148 Å². The summed E-state index contributed by atoms with van der Waals surface area (Å²) in [5, 5.41) is 3.35.